The van der Waals surface area contributed by atoms with Gasteiger partial charge in [0.1, 0.15) is 5.84 Å². The molecular formula is C14H20N2O. The fourth-order valence-electron chi connectivity index (χ4n) is 2.17. The Morgan fingerprint density at radius 1 is 1.18 bits per heavy atom. The van der Waals surface area contributed by atoms with Crippen molar-refractivity contribution in [3.63, 3.8) is 0 Å². The lowest BCUT2D eigenvalue weighted by molar-refractivity contribution is 0.0652. The summed E-state index contributed by atoms with van der Waals surface area (Å²) >= 11 is 0. The van der Waals surface area contributed by atoms with Crippen molar-refractivity contribution in [2.75, 3.05) is 26.3 Å². The summed E-state index contributed by atoms with van der Waals surface area (Å²) in [6.45, 7) is 7.34. The van der Waals surface area contributed by atoms with Gasteiger partial charge in [0.05, 0.1) is 13.2 Å². The molecule has 0 bridgehead atoms. The molecule has 1 heterocycles. The molecule has 0 aromatic heterocycles. The second-order valence-electron chi connectivity index (χ2n) is 4.94. The lowest BCUT2D eigenvalue weighted by Crippen LogP contribution is -2.48. The van der Waals surface area contributed by atoms with Crippen LogP contribution in [0.25, 0.3) is 0 Å². The highest BCUT2D eigenvalue weighted by Gasteiger charge is 2.30. The lowest BCUT2D eigenvalue weighted by Gasteiger charge is -2.37. The van der Waals surface area contributed by atoms with E-state index in [1.54, 1.807) is 0 Å². The Morgan fingerprint density at radius 2 is 1.76 bits per heavy atom. The predicted octanol–water partition coefficient (Wildman–Crippen LogP) is 2.27. The number of ether oxygens (including phenoxy) is 1. The minimum atomic E-state index is -0.238. The van der Waals surface area contributed by atoms with Gasteiger partial charge in [-0.25, -0.2) is 0 Å². The van der Waals surface area contributed by atoms with Crippen LogP contribution < -0.4 is 0 Å². The predicted molar refractivity (Wildman–Crippen MR) is 69.6 cm³/mol. The monoisotopic (exact) mass is 232 g/mol. The third-order valence-corrected chi connectivity index (χ3v) is 3.41. The average Bonchev–Trinajstić information content (AvgIpc) is 2.40. The molecule has 0 saturated carbocycles. The van der Waals surface area contributed by atoms with Gasteiger partial charge >= 0.3 is 0 Å². The second-order valence-corrected chi connectivity index (χ2v) is 4.94. The van der Waals surface area contributed by atoms with E-state index in [1.165, 1.54) is 5.56 Å². The highest BCUT2D eigenvalue weighted by Crippen LogP contribution is 2.26. The van der Waals surface area contributed by atoms with Crippen molar-refractivity contribution in [2.45, 2.75) is 19.3 Å². The van der Waals surface area contributed by atoms with E-state index in [4.69, 9.17) is 10.1 Å². The van der Waals surface area contributed by atoms with Crippen molar-refractivity contribution in [1.82, 2.24) is 4.90 Å². The van der Waals surface area contributed by atoms with Gasteiger partial charge in [0.15, 0.2) is 0 Å². The Labute approximate surface area is 103 Å². The molecule has 1 aromatic carbocycles. The van der Waals surface area contributed by atoms with Crippen molar-refractivity contribution >= 4 is 5.84 Å². The molecular weight excluding hydrogens is 212 g/mol. The highest BCUT2D eigenvalue weighted by molar-refractivity contribution is 5.89. The molecule has 1 saturated heterocycles. The number of nitrogens with zero attached hydrogens (tertiary/aromatic N) is 1. The third-order valence-electron chi connectivity index (χ3n) is 3.41. The minimum Gasteiger partial charge on any atom is -0.378 e. The minimum absolute atomic E-state index is 0.238. The highest BCUT2D eigenvalue weighted by atomic mass is 16.5. The number of nitrogens with one attached hydrogen (secondary N) is 1. The molecule has 17 heavy (non-hydrogen) atoms. The van der Waals surface area contributed by atoms with Crippen molar-refractivity contribution in [1.29, 1.82) is 5.41 Å². The molecule has 0 amide bonds. The third kappa shape index (κ3) is 2.50. The summed E-state index contributed by atoms with van der Waals surface area (Å²) < 4.78 is 5.33. The summed E-state index contributed by atoms with van der Waals surface area (Å²) in [4.78, 5) is 2.12. The molecule has 2 rings (SSSR count). The molecule has 0 unspecified atom stereocenters. The summed E-state index contributed by atoms with van der Waals surface area (Å²) in [6, 6.07) is 10.3. The fraction of sp³-hybridized carbons (Fsp3) is 0.500. The maximum Gasteiger partial charge on any atom is 0.106 e. The van der Waals surface area contributed by atoms with Crippen LogP contribution in [-0.4, -0.2) is 37.0 Å². The van der Waals surface area contributed by atoms with Crippen LogP contribution in [0.5, 0.6) is 0 Å². The van der Waals surface area contributed by atoms with Crippen molar-refractivity contribution in [3.05, 3.63) is 35.9 Å². The standard InChI is InChI=1S/C14H20N2O/c1-14(2,12-6-4-3-5-7-12)13(15)16-8-10-17-11-9-16/h3-7,15H,8-11H2,1-2H3. The number of amidine groups is 1. The quantitative estimate of drug-likeness (QED) is 0.627. The maximum atomic E-state index is 8.39. The van der Waals surface area contributed by atoms with E-state index < -0.39 is 0 Å². The smallest absolute Gasteiger partial charge is 0.106 e. The van der Waals surface area contributed by atoms with Gasteiger partial charge in [0, 0.05) is 18.5 Å². The van der Waals surface area contributed by atoms with Gasteiger partial charge in [-0.1, -0.05) is 30.3 Å². The Kier molecular flexibility index (Phi) is 3.48. The van der Waals surface area contributed by atoms with E-state index in [9.17, 15) is 0 Å². The fourth-order valence-corrected chi connectivity index (χ4v) is 2.17. The van der Waals surface area contributed by atoms with Gasteiger partial charge < -0.3 is 9.64 Å². The summed E-state index contributed by atoms with van der Waals surface area (Å²) in [6.07, 6.45) is 0. The van der Waals surface area contributed by atoms with Crippen LogP contribution in [0.3, 0.4) is 0 Å². The van der Waals surface area contributed by atoms with Crippen LogP contribution in [0.15, 0.2) is 30.3 Å². The number of rotatable bonds is 2. The first-order chi connectivity index (χ1) is 8.12. The molecule has 1 N–H and O–H groups in total. The van der Waals surface area contributed by atoms with Crippen molar-refractivity contribution in [2.24, 2.45) is 0 Å². The normalized spacial score (nSPS) is 16.9. The average molecular weight is 232 g/mol. The first-order valence-electron chi connectivity index (χ1n) is 6.09. The maximum absolute atomic E-state index is 8.39. The molecule has 1 aliphatic heterocycles. The zero-order valence-corrected chi connectivity index (χ0v) is 10.6. The molecule has 92 valence electrons. The number of hydrogen-bond donors (Lipinski definition) is 1. The Bertz CT molecular complexity index is 380. The van der Waals surface area contributed by atoms with Crippen LogP contribution in [0.4, 0.5) is 0 Å². The Hall–Kier alpha value is -1.35. The SMILES string of the molecule is CC(C)(C(=N)N1CCOCC1)c1ccccc1. The molecule has 0 radical (unpaired) electrons. The largest absolute Gasteiger partial charge is 0.378 e. The number of hydrogen-bond acceptors (Lipinski definition) is 2. The first-order valence-corrected chi connectivity index (χ1v) is 6.09. The van der Waals surface area contributed by atoms with E-state index in [0.29, 0.717) is 5.84 Å². The van der Waals surface area contributed by atoms with Gasteiger partial charge in [-0.3, -0.25) is 5.41 Å². The summed E-state index contributed by atoms with van der Waals surface area (Å²) in [5.41, 5.74) is 0.954. The Morgan fingerprint density at radius 3 is 2.35 bits per heavy atom. The molecule has 1 aromatic rings. The van der Waals surface area contributed by atoms with Crippen LogP contribution in [0.1, 0.15) is 19.4 Å². The summed E-state index contributed by atoms with van der Waals surface area (Å²) in [5, 5.41) is 8.39. The van der Waals surface area contributed by atoms with Crippen molar-refractivity contribution < 1.29 is 4.74 Å². The molecule has 0 aliphatic carbocycles. The van der Waals surface area contributed by atoms with Crippen LogP contribution in [0.2, 0.25) is 0 Å². The number of morpholine rings is 1. The van der Waals surface area contributed by atoms with Gasteiger partial charge in [-0.05, 0) is 19.4 Å². The van der Waals surface area contributed by atoms with E-state index in [2.05, 4.69) is 30.9 Å². The summed E-state index contributed by atoms with van der Waals surface area (Å²) in [7, 11) is 0. The van der Waals surface area contributed by atoms with E-state index in [-0.39, 0.29) is 5.41 Å². The van der Waals surface area contributed by atoms with Gasteiger partial charge in [-0.2, -0.15) is 0 Å². The van der Waals surface area contributed by atoms with Crippen LogP contribution in [-0.2, 0) is 10.2 Å². The molecule has 0 atom stereocenters. The molecule has 1 fully saturated rings. The first kappa shape index (κ1) is 12.1. The molecule has 3 heteroatoms. The second kappa shape index (κ2) is 4.88. The topological polar surface area (TPSA) is 36.3 Å². The lowest BCUT2D eigenvalue weighted by atomic mass is 9.82. The van der Waals surface area contributed by atoms with E-state index in [0.717, 1.165) is 26.3 Å². The van der Waals surface area contributed by atoms with Crippen molar-refractivity contribution in [3.8, 4) is 0 Å². The van der Waals surface area contributed by atoms with E-state index >= 15 is 0 Å². The van der Waals surface area contributed by atoms with Crippen LogP contribution >= 0.6 is 0 Å². The van der Waals surface area contributed by atoms with E-state index in [1.807, 2.05) is 18.2 Å². The number of benzene rings is 1. The van der Waals surface area contributed by atoms with Crippen LogP contribution in [0, 0.1) is 5.41 Å². The van der Waals surface area contributed by atoms with Gasteiger partial charge in [0.25, 0.3) is 0 Å². The van der Waals surface area contributed by atoms with Gasteiger partial charge in [-0.15, -0.1) is 0 Å². The zero-order chi connectivity index (χ0) is 12.3. The Balaban J connectivity index is 2.17. The molecule has 0 spiro atoms. The molecule has 3 nitrogen and oxygen atoms in total. The summed E-state index contributed by atoms with van der Waals surface area (Å²) in [5.74, 6) is 0.687. The van der Waals surface area contributed by atoms with Gasteiger partial charge in [0.2, 0.25) is 0 Å². The molecule has 1 aliphatic rings. The zero-order valence-electron chi connectivity index (χ0n) is 10.6.